The van der Waals surface area contributed by atoms with Crippen LogP contribution in [0.5, 0.6) is 5.75 Å². The number of rotatable bonds is 7. The molecule has 4 atom stereocenters. The van der Waals surface area contributed by atoms with Crippen molar-refractivity contribution in [1.82, 2.24) is 0 Å². The highest BCUT2D eigenvalue weighted by Crippen LogP contribution is 2.45. The Labute approximate surface area is 130 Å². The van der Waals surface area contributed by atoms with Crippen LogP contribution in [0, 0.1) is 11.8 Å². The number of aliphatic carboxylic acids is 1. The van der Waals surface area contributed by atoms with Gasteiger partial charge in [-0.05, 0) is 55.2 Å². The second-order valence-corrected chi connectivity index (χ2v) is 6.42. The fourth-order valence-corrected chi connectivity index (χ4v) is 3.72. The zero-order valence-electron chi connectivity index (χ0n) is 12.6. The van der Waals surface area contributed by atoms with Crippen LogP contribution in [0.1, 0.15) is 43.7 Å². The van der Waals surface area contributed by atoms with Crippen molar-refractivity contribution in [2.75, 3.05) is 6.79 Å². The van der Waals surface area contributed by atoms with Crippen LogP contribution in [0.2, 0.25) is 0 Å². The van der Waals surface area contributed by atoms with E-state index in [1.807, 2.05) is 18.2 Å². The van der Waals surface area contributed by atoms with Gasteiger partial charge >= 0.3 is 5.97 Å². The number of fused-ring (bicyclic) bond motifs is 2. The van der Waals surface area contributed by atoms with Crippen molar-refractivity contribution in [3.63, 3.8) is 0 Å². The van der Waals surface area contributed by atoms with Crippen LogP contribution < -0.4 is 10.5 Å². The SMILES string of the molecule is NC(CC(=O)O)c1cccc(OCOC2CC3CCC2C3)c1. The van der Waals surface area contributed by atoms with Gasteiger partial charge in [0.2, 0.25) is 0 Å². The number of hydrogen-bond acceptors (Lipinski definition) is 4. The van der Waals surface area contributed by atoms with E-state index in [-0.39, 0.29) is 13.2 Å². The molecule has 0 aromatic heterocycles. The van der Waals surface area contributed by atoms with Crippen molar-refractivity contribution in [3.05, 3.63) is 29.8 Å². The van der Waals surface area contributed by atoms with E-state index in [0.717, 1.165) is 17.9 Å². The van der Waals surface area contributed by atoms with Gasteiger partial charge in [0.25, 0.3) is 0 Å². The first kappa shape index (κ1) is 15.3. The average molecular weight is 305 g/mol. The molecule has 2 bridgehead atoms. The zero-order valence-corrected chi connectivity index (χ0v) is 12.6. The lowest BCUT2D eigenvalue weighted by Gasteiger charge is -2.22. The Morgan fingerprint density at radius 2 is 2.23 bits per heavy atom. The van der Waals surface area contributed by atoms with E-state index in [0.29, 0.717) is 17.8 Å². The lowest BCUT2D eigenvalue weighted by Crippen LogP contribution is -2.22. The van der Waals surface area contributed by atoms with Crippen molar-refractivity contribution in [2.24, 2.45) is 17.6 Å². The fraction of sp³-hybridized carbons (Fsp3) is 0.588. The molecule has 2 aliphatic carbocycles. The topological polar surface area (TPSA) is 81.8 Å². The summed E-state index contributed by atoms with van der Waals surface area (Å²) in [7, 11) is 0. The maximum Gasteiger partial charge on any atom is 0.305 e. The van der Waals surface area contributed by atoms with Crippen LogP contribution >= 0.6 is 0 Å². The van der Waals surface area contributed by atoms with Gasteiger partial charge in [-0.1, -0.05) is 12.1 Å². The van der Waals surface area contributed by atoms with Gasteiger partial charge < -0.3 is 20.3 Å². The normalized spacial score (nSPS) is 27.8. The summed E-state index contributed by atoms with van der Waals surface area (Å²) in [4.78, 5) is 10.7. The largest absolute Gasteiger partial charge is 0.481 e. The molecule has 4 unspecified atom stereocenters. The summed E-state index contributed by atoms with van der Waals surface area (Å²) >= 11 is 0. The maximum atomic E-state index is 10.7. The number of nitrogens with two attached hydrogens (primary N) is 1. The van der Waals surface area contributed by atoms with Crippen molar-refractivity contribution in [1.29, 1.82) is 0 Å². The molecule has 1 aromatic rings. The quantitative estimate of drug-likeness (QED) is 0.757. The molecule has 1 aromatic carbocycles. The molecule has 0 heterocycles. The van der Waals surface area contributed by atoms with Crippen LogP contribution in [-0.2, 0) is 9.53 Å². The standard InChI is InChI=1S/C17H23NO4/c18-15(9-17(19)20)12-2-1-3-14(8-12)21-10-22-16-7-11-4-5-13(16)6-11/h1-3,8,11,13,15-16H,4-7,9-10,18H2,(H,19,20). The summed E-state index contributed by atoms with van der Waals surface area (Å²) in [5, 5.41) is 8.80. The van der Waals surface area contributed by atoms with Crippen LogP contribution in [0.4, 0.5) is 0 Å². The Bertz CT molecular complexity index is 533. The molecule has 0 amide bonds. The molecule has 0 radical (unpaired) electrons. The van der Waals surface area contributed by atoms with Gasteiger partial charge in [0, 0.05) is 6.04 Å². The summed E-state index contributed by atoms with van der Waals surface area (Å²) in [5.41, 5.74) is 6.63. The summed E-state index contributed by atoms with van der Waals surface area (Å²) < 4.78 is 11.5. The van der Waals surface area contributed by atoms with E-state index < -0.39 is 12.0 Å². The first-order valence-electron chi connectivity index (χ1n) is 7.93. The third-order valence-corrected chi connectivity index (χ3v) is 4.86. The molecule has 2 aliphatic rings. The Kier molecular flexibility index (Phi) is 4.64. The minimum atomic E-state index is -0.904. The van der Waals surface area contributed by atoms with E-state index in [2.05, 4.69) is 0 Å². The number of carboxylic acid groups (broad SMARTS) is 1. The molecule has 3 N–H and O–H groups in total. The summed E-state index contributed by atoms with van der Waals surface area (Å²) in [5.74, 6) is 1.33. The van der Waals surface area contributed by atoms with E-state index in [1.165, 1.54) is 19.3 Å². The number of carbonyl (C=O) groups is 1. The molecular weight excluding hydrogens is 282 g/mol. The van der Waals surface area contributed by atoms with E-state index in [4.69, 9.17) is 20.3 Å². The van der Waals surface area contributed by atoms with Crippen molar-refractivity contribution < 1.29 is 19.4 Å². The number of benzene rings is 1. The zero-order chi connectivity index (χ0) is 15.5. The minimum absolute atomic E-state index is 0.0922. The molecule has 0 saturated heterocycles. The first-order chi connectivity index (χ1) is 10.6. The van der Waals surface area contributed by atoms with E-state index in [9.17, 15) is 4.79 Å². The van der Waals surface area contributed by atoms with Crippen LogP contribution in [0.15, 0.2) is 24.3 Å². The monoisotopic (exact) mass is 305 g/mol. The Morgan fingerprint density at radius 1 is 1.36 bits per heavy atom. The number of carboxylic acids is 1. The fourth-order valence-electron chi connectivity index (χ4n) is 3.72. The van der Waals surface area contributed by atoms with Crippen molar-refractivity contribution in [2.45, 2.75) is 44.2 Å². The first-order valence-corrected chi connectivity index (χ1v) is 7.93. The van der Waals surface area contributed by atoms with Gasteiger partial charge in [-0.25, -0.2) is 0 Å². The Morgan fingerprint density at radius 3 is 2.91 bits per heavy atom. The molecule has 2 fully saturated rings. The van der Waals surface area contributed by atoms with Gasteiger partial charge in [-0.3, -0.25) is 4.79 Å². The van der Waals surface area contributed by atoms with Gasteiger partial charge in [-0.15, -0.1) is 0 Å². The molecule has 120 valence electrons. The molecule has 2 saturated carbocycles. The number of ether oxygens (including phenoxy) is 2. The van der Waals surface area contributed by atoms with Crippen LogP contribution in [-0.4, -0.2) is 24.0 Å². The highest BCUT2D eigenvalue weighted by atomic mass is 16.7. The molecule has 5 nitrogen and oxygen atoms in total. The van der Waals surface area contributed by atoms with E-state index in [1.54, 1.807) is 6.07 Å². The average Bonchev–Trinajstić information content (AvgIpc) is 3.09. The lowest BCUT2D eigenvalue weighted by atomic mass is 9.98. The lowest BCUT2D eigenvalue weighted by molar-refractivity contribution is -0.137. The Hall–Kier alpha value is -1.59. The second-order valence-electron chi connectivity index (χ2n) is 6.42. The second kappa shape index (κ2) is 6.67. The molecule has 22 heavy (non-hydrogen) atoms. The van der Waals surface area contributed by atoms with Crippen LogP contribution in [0.25, 0.3) is 0 Å². The molecular formula is C17H23NO4. The molecule has 0 spiro atoms. The molecule has 0 aliphatic heterocycles. The van der Waals surface area contributed by atoms with E-state index >= 15 is 0 Å². The summed E-state index contributed by atoms with van der Waals surface area (Å²) in [6, 6.07) is 6.74. The van der Waals surface area contributed by atoms with Gasteiger partial charge in [0.05, 0.1) is 12.5 Å². The van der Waals surface area contributed by atoms with Crippen LogP contribution in [0.3, 0.4) is 0 Å². The summed E-state index contributed by atoms with van der Waals surface area (Å²) in [6.45, 7) is 0.242. The third kappa shape index (κ3) is 3.59. The predicted molar refractivity (Wildman–Crippen MR) is 81.4 cm³/mol. The van der Waals surface area contributed by atoms with Gasteiger partial charge in [-0.2, -0.15) is 0 Å². The highest BCUT2D eigenvalue weighted by molar-refractivity contribution is 5.67. The van der Waals surface area contributed by atoms with Gasteiger partial charge in [0.1, 0.15) is 5.75 Å². The molecule has 3 rings (SSSR count). The molecule has 5 heteroatoms. The van der Waals surface area contributed by atoms with Gasteiger partial charge in [0.15, 0.2) is 6.79 Å². The maximum absolute atomic E-state index is 10.7. The Balaban J connectivity index is 1.49. The minimum Gasteiger partial charge on any atom is -0.481 e. The van der Waals surface area contributed by atoms with Crippen molar-refractivity contribution >= 4 is 5.97 Å². The third-order valence-electron chi connectivity index (χ3n) is 4.86. The number of hydrogen-bond donors (Lipinski definition) is 2. The smallest absolute Gasteiger partial charge is 0.305 e. The van der Waals surface area contributed by atoms with Crippen molar-refractivity contribution in [3.8, 4) is 5.75 Å². The predicted octanol–water partition coefficient (Wildman–Crippen LogP) is 2.70. The summed E-state index contributed by atoms with van der Waals surface area (Å²) in [6.07, 6.45) is 5.37. The highest BCUT2D eigenvalue weighted by Gasteiger charge is 2.40.